The first-order valence-electron chi connectivity index (χ1n) is 9.02. The second-order valence-corrected chi connectivity index (χ2v) is 6.72. The lowest BCUT2D eigenvalue weighted by atomic mass is 9.84. The zero-order chi connectivity index (χ0) is 16.1. The van der Waals surface area contributed by atoms with Gasteiger partial charge in [-0.2, -0.15) is 0 Å². The zero-order valence-electron chi connectivity index (χ0n) is 14.4. The highest BCUT2D eigenvalue weighted by Gasteiger charge is 2.37. The Morgan fingerprint density at radius 3 is 2.62 bits per heavy atom. The van der Waals surface area contributed by atoms with E-state index in [1.807, 2.05) is 19.1 Å². The van der Waals surface area contributed by atoms with Crippen LogP contribution in [0.2, 0.25) is 0 Å². The van der Waals surface area contributed by atoms with E-state index >= 15 is 0 Å². The van der Waals surface area contributed by atoms with Crippen molar-refractivity contribution in [1.29, 1.82) is 0 Å². The van der Waals surface area contributed by atoms with Crippen molar-refractivity contribution < 1.29 is 31.6 Å². The van der Waals surface area contributed by atoms with E-state index in [-0.39, 0.29) is 18.4 Å². The van der Waals surface area contributed by atoms with Crippen molar-refractivity contribution in [3.63, 3.8) is 0 Å². The number of benzene rings is 1. The molecule has 3 rings (SSSR count). The highest BCUT2D eigenvalue weighted by molar-refractivity contribution is 5.89. The molecule has 2 heterocycles. The van der Waals surface area contributed by atoms with E-state index in [1.165, 1.54) is 45.2 Å². The molecular weight excluding hydrogens is 326 g/mol. The molecule has 0 aromatic heterocycles. The Labute approximate surface area is 150 Å². The summed E-state index contributed by atoms with van der Waals surface area (Å²) < 4.78 is 11.0. The van der Waals surface area contributed by atoms with Crippen LogP contribution >= 0.6 is 0 Å². The molecule has 5 heteroatoms. The Hall–Kier alpha value is -1.26. The Morgan fingerprint density at radius 2 is 1.88 bits per heavy atom. The van der Waals surface area contributed by atoms with Gasteiger partial charge in [-0.15, -0.1) is 0 Å². The molecule has 24 heavy (non-hydrogen) atoms. The zero-order valence-corrected chi connectivity index (χ0v) is 15.2. The second-order valence-electron chi connectivity index (χ2n) is 6.72. The lowest BCUT2D eigenvalue weighted by Crippen LogP contribution is -3.18. The lowest BCUT2D eigenvalue weighted by Gasteiger charge is -2.40. The van der Waals surface area contributed by atoms with Gasteiger partial charge in [-0.25, -0.2) is 4.79 Å². The first-order valence-corrected chi connectivity index (χ1v) is 9.02. The van der Waals surface area contributed by atoms with Crippen LogP contribution in [0.1, 0.15) is 49.4 Å². The predicted octanol–water partition coefficient (Wildman–Crippen LogP) is -0.906. The minimum absolute atomic E-state index is 0. The van der Waals surface area contributed by atoms with Crippen LogP contribution in [0.4, 0.5) is 0 Å². The van der Waals surface area contributed by atoms with Crippen molar-refractivity contribution in [3.8, 4) is 5.75 Å². The summed E-state index contributed by atoms with van der Waals surface area (Å²) in [6.07, 6.45) is 6.43. The number of hydrogen-bond donors (Lipinski definition) is 1. The normalized spacial score (nSPS) is 26.0. The molecule has 0 saturated carbocycles. The molecule has 0 bridgehead atoms. The van der Waals surface area contributed by atoms with Gasteiger partial charge in [0.25, 0.3) is 0 Å². The van der Waals surface area contributed by atoms with Crippen LogP contribution in [0.5, 0.6) is 5.75 Å². The van der Waals surface area contributed by atoms with E-state index < -0.39 is 0 Å². The Kier molecular flexibility index (Phi) is 7.38. The molecule has 0 radical (unpaired) electrons. The molecule has 2 aliphatic rings. The van der Waals surface area contributed by atoms with E-state index in [9.17, 15) is 4.79 Å². The van der Waals surface area contributed by atoms with Crippen molar-refractivity contribution in [2.45, 2.75) is 45.1 Å². The molecule has 134 valence electrons. The number of hydrogen-bond acceptors (Lipinski definition) is 3. The van der Waals surface area contributed by atoms with Crippen LogP contribution < -0.4 is 22.0 Å². The Balaban J connectivity index is 0.00000208. The molecule has 0 spiro atoms. The SMILES string of the molecule is CCOc1ccc(C(=O)OC[C@@H]2CCC[NH+]3CCCC[C@H]23)cc1.[Cl-]. The average Bonchev–Trinajstić information content (AvgIpc) is 2.60. The van der Waals surface area contributed by atoms with E-state index in [0.29, 0.717) is 30.7 Å². The standard InChI is InChI=1S/C19H27NO3.ClH/c1-2-22-17-10-8-15(9-11-17)19(21)23-14-16-6-5-13-20-12-4-3-7-18(16)20;/h8-11,16,18H,2-7,12-14H2,1H3;1H/t16-,18+;/m0./s1. The van der Waals surface area contributed by atoms with Gasteiger partial charge < -0.3 is 26.8 Å². The highest BCUT2D eigenvalue weighted by Crippen LogP contribution is 2.21. The number of carbonyl (C=O) groups is 1. The second kappa shape index (κ2) is 9.28. The third-order valence-electron chi connectivity index (χ3n) is 5.26. The topological polar surface area (TPSA) is 40.0 Å². The number of esters is 1. The van der Waals surface area contributed by atoms with Crippen LogP contribution in [-0.4, -0.2) is 38.3 Å². The number of rotatable bonds is 5. The Bertz CT molecular complexity index is 518. The van der Waals surface area contributed by atoms with E-state index in [4.69, 9.17) is 9.47 Å². The molecule has 2 aliphatic heterocycles. The number of carbonyl (C=O) groups excluding carboxylic acids is 1. The van der Waals surface area contributed by atoms with Gasteiger partial charge in [0.15, 0.2) is 0 Å². The smallest absolute Gasteiger partial charge is 0.338 e. The predicted molar refractivity (Wildman–Crippen MR) is 89.0 cm³/mol. The minimum atomic E-state index is -0.212. The van der Waals surface area contributed by atoms with Crippen LogP contribution in [0, 0.1) is 5.92 Å². The van der Waals surface area contributed by atoms with E-state index in [1.54, 1.807) is 17.0 Å². The molecule has 1 aromatic rings. The molecule has 3 atom stereocenters. The summed E-state index contributed by atoms with van der Waals surface area (Å²) in [5.41, 5.74) is 0.608. The number of piperidine rings is 2. The van der Waals surface area contributed by atoms with Gasteiger partial charge in [0.2, 0.25) is 0 Å². The number of halogens is 1. The van der Waals surface area contributed by atoms with Crippen LogP contribution in [0.25, 0.3) is 0 Å². The molecule has 1 aromatic carbocycles. The Morgan fingerprint density at radius 1 is 1.12 bits per heavy atom. The van der Waals surface area contributed by atoms with Gasteiger partial charge in [0.05, 0.1) is 31.3 Å². The maximum absolute atomic E-state index is 12.2. The first kappa shape index (κ1) is 19.1. The van der Waals surface area contributed by atoms with Crippen molar-refractivity contribution >= 4 is 5.97 Å². The number of nitrogens with one attached hydrogen (secondary N) is 1. The van der Waals surface area contributed by atoms with Crippen LogP contribution in [0.15, 0.2) is 24.3 Å². The summed E-state index contributed by atoms with van der Waals surface area (Å²) in [5, 5.41) is 0. The van der Waals surface area contributed by atoms with E-state index in [0.717, 1.165) is 5.75 Å². The maximum atomic E-state index is 12.2. The summed E-state index contributed by atoms with van der Waals surface area (Å²) in [5.74, 6) is 1.11. The molecular formula is C19H28ClNO3. The van der Waals surface area contributed by atoms with Gasteiger partial charge >= 0.3 is 5.97 Å². The average molecular weight is 354 g/mol. The van der Waals surface area contributed by atoms with Gasteiger partial charge in [0, 0.05) is 5.92 Å². The molecule has 0 amide bonds. The highest BCUT2D eigenvalue weighted by atomic mass is 35.5. The van der Waals surface area contributed by atoms with Crippen molar-refractivity contribution in [3.05, 3.63) is 29.8 Å². The molecule has 2 fully saturated rings. The number of fused-ring (bicyclic) bond motifs is 1. The number of quaternary nitrogens is 1. The fourth-order valence-electron chi connectivity index (χ4n) is 4.10. The van der Waals surface area contributed by atoms with Gasteiger partial charge in [-0.3, -0.25) is 0 Å². The first-order chi connectivity index (χ1) is 11.3. The summed E-state index contributed by atoms with van der Waals surface area (Å²) in [6.45, 7) is 5.75. The van der Waals surface area contributed by atoms with Crippen molar-refractivity contribution in [2.75, 3.05) is 26.3 Å². The van der Waals surface area contributed by atoms with Gasteiger partial charge in [0.1, 0.15) is 12.4 Å². The summed E-state index contributed by atoms with van der Waals surface area (Å²) in [6, 6.07) is 7.92. The molecule has 4 nitrogen and oxygen atoms in total. The van der Waals surface area contributed by atoms with Crippen LogP contribution in [-0.2, 0) is 4.74 Å². The minimum Gasteiger partial charge on any atom is -1.00 e. The third-order valence-corrected chi connectivity index (χ3v) is 5.26. The molecule has 0 aliphatic carbocycles. The molecule has 1 unspecified atom stereocenters. The molecule has 2 saturated heterocycles. The third kappa shape index (κ3) is 4.64. The van der Waals surface area contributed by atoms with E-state index in [2.05, 4.69) is 0 Å². The van der Waals surface area contributed by atoms with Crippen LogP contribution in [0.3, 0.4) is 0 Å². The summed E-state index contributed by atoms with van der Waals surface area (Å²) in [7, 11) is 0. The lowest BCUT2D eigenvalue weighted by molar-refractivity contribution is -0.940. The molecule has 1 N–H and O–H groups in total. The number of ether oxygens (including phenoxy) is 2. The van der Waals surface area contributed by atoms with Crippen molar-refractivity contribution in [2.24, 2.45) is 5.92 Å². The van der Waals surface area contributed by atoms with Crippen molar-refractivity contribution in [1.82, 2.24) is 0 Å². The maximum Gasteiger partial charge on any atom is 0.338 e. The summed E-state index contributed by atoms with van der Waals surface area (Å²) in [4.78, 5) is 14.0. The monoisotopic (exact) mass is 353 g/mol. The van der Waals surface area contributed by atoms with Gasteiger partial charge in [-0.1, -0.05) is 0 Å². The van der Waals surface area contributed by atoms with Gasteiger partial charge in [-0.05, 0) is 63.3 Å². The fraction of sp³-hybridized carbons (Fsp3) is 0.632. The fourth-order valence-corrected chi connectivity index (χ4v) is 4.10. The largest absolute Gasteiger partial charge is 1.00 e. The quantitative estimate of drug-likeness (QED) is 0.697. The summed E-state index contributed by atoms with van der Waals surface area (Å²) >= 11 is 0.